The lowest BCUT2D eigenvalue weighted by molar-refractivity contribution is 0.373. The van der Waals surface area contributed by atoms with Gasteiger partial charge in [0, 0.05) is 29.7 Å². The smallest absolute Gasteiger partial charge is 0.159 e. The van der Waals surface area contributed by atoms with Crippen molar-refractivity contribution in [3.63, 3.8) is 0 Å². The first-order valence-corrected chi connectivity index (χ1v) is 9.06. The normalized spacial score (nSPS) is 26.9. The van der Waals surface area contributed by atoms with Crippen molar-refractivity contribution in [2.45, 2.75) is 43.9 Å². The molecule has 1 aliphatic carbocycles. The summed E-state index contributed by atoms with van der Waals surface area (Å²) in [5.41, 5.74) is 7.79. The lowest BCUT2D eigenvalue weighted by Gasteiger charge is -2.27. The monoisotopic (exact) mass is 357 g/mol. The average Bonchev–Trinajstić information content (AvgIpc) is 3.09. The van der Waals surface area contributed by atoms with Crippen molar-refractivity contribution in [3.05, 3.63) is 47.0 Å². The summed E-state index contributed by atoms with van der Waals surface area (Å²) < 4.78 is 0. The SMILES string of the molecule is CN=C(/C=C\C1N=CC(c2cccc(Cl)c2)=N1)NC1CCC(N)CC1. The average molecular weight is 358 g/mol. The molecule has 1 aromatic carbocycles. The number of hydrogen-bond donors (Lipinski definition) is 2. The number of amidine groups is 1. The molecule has 5 nitrogen and oxygen atoms in total. The first-order valence-electron chi connectivity index (χ1n) is 8.68. The zero-order chi connectivity index (χ0) is 17.6. The Balaban J connectivity index is 1.59. The third kappa shape index (κ3) is 5.00. The fraction of sp³-hybridized carbons (Fsp3) is 0.421. The Morgan fingerprint density at radius 2 is 2.12 bits per heavy atom. The van der Waals surface area contributed by atoms with Gasteiger partial charge in [-0.15, -0.1) is 0 Å². The van der Waals surface area contributed by atoms with Crippen LogP contribution in [0.3, 0.4) is 0 Å². The van der Waals surface area contributed by atoms with Crippen LogP contribution in [0.5, 0.6) is 0 Å². The van der Waals surface area contributed by atoms with Gasteiger partial charge in [0.1, 0.15) is 5.84 Å². The largest absolute Gasteiger partial charge is 0.368 e. The fourth-order valence-corrected chi connectivity index (χ4v) is 3.27. The molecule has 3 N–H and O–H groups in total. The van der Waals surface area contributed by atoms with Crippen LogP contribution in [0.1, 0.15) is 31.2 Å². The molecule has 132 valence electrons. The molecule has 1 fully saturated rings. The predicted molar refractivity (Wildman–Crippen MR) is 106 cm³/mol. The quantitative estimate of drug-likeness (QED) is 0.642. The molecule has 1 heterocycles. The van der Waals surface area contributed by atoms with E-state index in [1.54, 1.807) is 13.3 Å². The molecule has 1 aromatic rings. The van der Waals surface area contributed by atoms with E-state index in [0.717, 1.165) is 42.8 Å². The van der Waals surface area contributed by atoms with Gasteiger partial charge >= 0.3 is 0 Å². The van der Waals surface area contributed by atoms with Crippen molar-refractivity contribution < 1.29 is 0 Å². The molecule has 1 atom stereocenters. The fourth-order valence-electron chi connectivity index (χ4n) is 3.08. The van der Waals surface area contributed by atoms with Gasteiger partial charge in [0.05, 0.1) is 11.9 Å². The summed E-state index contributed by atoms with van der Waals surface area (Å²) in [5.74, 6) is 0.863. The Labute approximate surface area is 153 Å². The molecule has 0 spiro atoms. The predicted octanol–water partition coefficient (Wildman–Crippen LogP) is 2.98. The summed E-state index contributed by atoms with van der Waals surface area (Å²) in [6, 6.07) is 8.44. The van der Waals surface area contributed by atoms with Crippen LogP contribution in [0.2, 0.25) is 5.02 Å². The number of hydrogen-bond acceptors (Lipinski definition) is 4. The lowest BCUT2D eigenvalue weighted by Crippen LogP contribution is -2.39. The highest BCUT2D eigenvalue weighted by atomic mass is 35.5. The summed E-state index contributed by atoms with van der Waals surface area (Å²) in [6.07, 6.45) is 9.81. The van der Waals surface area contributed by atoms with E-state index < -0.39 is 0 Å². The van der Waals surface area contributed by atoms with Crippen LogP contribution in [0, 0.1) is 0 Å². The summed E-state index contributed by atoms with van der Waals surface area (Å²) in [5, 5.41) is 4.19. The second kappa shape index (κ2) is 8.41. The van der Waals surface area contributed by atoms with Gasteiger partial charge < -0.3 is 11.1 Å². The second-order valence-corrected chi connectivity index (χ2v) is 6.88. The zero-order valence-corrected chi connectivity index (χ0v) is 15.2. The summed E-state index contributed by atoms with van der Waals surface area (Å²) >= 11 is 6.04. The summed E-state index contributed by atoms with van der Waals surface area (Å²) in [6.45, 7) is 0. The topological polar surface area (TPSA) is 75.1 Å². The van der Waals surface area contributed by atoms with E-state index in [-0.39, 0.29) is 6.17 Å². The van der Waals surface area contributed by atoms with Crippen LogP contribution in [0.15, 0.2) is 51.4 Å². The van der Waals surface area contributed by atoms with Crippen molar-refractivity contribution in [2.75, 3.05) is 7.05 Å². The van der Waals surface area contributed by atoms with Crippen molar-refractivity contribution in [1.29, 1.82) is 0 Å². The van der Waals surface area contributed by atoms with Crippen LogP contribution in [-0.4, -0.2) is 43.1 Å². The highest BCUT2D eigenvalue weighted by Crippen LogP contribution is 2.17. The Kier molecular flexibility index (Phi) is 6.00. The standard InChI is InChI=1S/C19H24ClN5/c1-22-18(24-16-7-5-15(21)6-8-16)9-10-19-23-12-17(25-19)13-3-2-4-14(20)11-13/h2-4,9-12,15-16,19H,5-8,21H2,1H3,(H,22,24)/b10-9-. The highest BCUT2D eigenvalue weighted by Gasteiger charge is 2.18. The van der Waals surface area contributed by atoms with Crippen molar-refractivity contribution in [2.24, 2.45) is 20.7 Å². The van der Waals surface area contributed by atoms with E-state index in [2.05, 4.69) is 20.3 Å². The van der Waals surface area contributed by atoms with Crippen LogP contribution in [0.25, 0.3) is 0 Å². The molecule has 25 heavy (non-hydrogen) atoms. The van der Waals surface area contributed by atoms with Crippen LogP contribution < -0.4 is 11.1 Å². The Bertz CT molecular complexity index is 714. The molecule has 0 saturated heterocycles. The van der Waals surface area contributed by atoms with Gasteiger partial charge in [-0.1, -0.05) is 23.7 Å². The molecule has 1 aliphatic heterocycles. The van der Waals surface area contributed by atoms with E-state index in [1.807, 2.05) is 36.4 Å². The molecular weight excluding hydrogens is 334 g/mol. The van der Waals surface area contributed by atoms with Crippen LogP contribution >= 0.6 is 11.6 Å². The van der Waals surface area contributed by atoms with E-state index in [4.69, 9.17) is 17.3 Å². The summed E-state index contributed by atoms with van der Waals surface area (Å²) in [4.78, 5) is 13.4. The molecule has 1 unspecified atom stereocenters. The maximum atomic E-state index is 6.04. The molecular formula is C19H24ClN5. The Morgan fingerprint density at radius 3 is 2.84 bits per heavy atom. The number of rotatable bonds is 4. The van der Waals surface area contributed by atoms with E-state index >= 15 is 0 Å². The summed E-state index contributed by atoms with van der Waals surface area (Å²) in [7, 11) is 1.79. The second-order valence-electron chi connectivity index (χ2n) is 6.44. The van der Waals surface area contributed by atoms with Crippen molar-refractivity contribution in [1.82, 2.24) is 5.32 Å². The van der Waals surface area contributed by atoms with Gasteiger partial charge in [-0.3, -0.25) is 15.0 Å². The minimum Gasteiger partial charge on any atom is -0.368 e. The maximum absolute atomic E-state index is 6.04. The van der Waals surface area contributed by atoms with Crippen molar-refractivity contribution >= 4 is 29.4 Å². The Morgan fingerprint density at radius 1 is 1.32 bits per heavy atom. The first kappa shape index (κ1) is 17.8. The van der Waals surface area contributed by atoms with Gasteiger partial charge in [0.25, 0.3) is 0 Å². The number of halogens is 1. The van der Waals surface area contributed by atoms with Gasteiger partial charge in [0.15, 0.2) is 6.17 Å². The zero-order valence-electron chi connectivity index (χ0n) is 14.4. The first-order chi connectivity index (χ1) is 12.1. The minimum atomic E-state index is -0.215. The van der Waals surface area contributed by atoms with Crippen LogP contribution in [-0.2, 0) is 0 Å². The maximum Gasteiger partial charge on any atom is 0.159 e. The third-order valence-corrected chi connectivity index (χ3v) is 4.77. The van der Waals surface area contributed by atoms with Gasteiger partial charge in [0.2, 0.25) is 0 Å². The highest BCUT2D eigenvalue weighted by molar-refractivity contribution is 6.40. The van der Waals surface area contributed by atoms with Crippen LogP contribution in [0.4, 0.5) is 0 Å². The van der Waals surface area contributed by atoms with E-state index in [0.29, 0.717) is 17.1 Å². The lowest BCUT2D eigenvalue weighted by atomic mass is 9.92. The number of nitrogens with one attached hydrogen (secondary N) is 1. The molecule has 3 rings (SSSR count). The number of benzene rings is 1. The Hall–Kier alpha value is -1.98. The molecule has 0 amide bonds. The number of aliphatic imine (C=N–C) groups is 3. The van der Waals surface area contributed by atoms with Gasteiger partial charge in [-0.25, -0.2) is 0 Å². The molecule has 2 aliphatic rings. The minimum absolute atomic E-state index is 0.215. The number of nitrogens with two attached hydrogens (primary N) is 1. The molecule has 1 saturated carbocycles. The molecule has 0 bridgehead atoms. The molecule has 6 heteroatoms. The molecule has 0 aromatic heterocycles. The molecule has 0 radical (unpaired) electrons. The van der Waals surface area contributed by atoms with Gasteiger partial charge in [-0.05, 0) is 50.0 Å². The van der Waals surface area contributed by atoms with E-state index in [9.17, 15) is 0 Å². The van der Waals surface area contributed by atoms with Crippen molar-refractivity contribution in [3.8, 4) is 0 Å². The van der Waals surface area contributed by atoms with Gasteiger partial charge in [-0.2, -0.15) is 0 Å². The van der Waals surface area contributed by atoms with E-state index in [1.165, 1.54) is 0 Å². The third-order valence-electron chi connectivity index (χ3n) is 4.53. The number of nitrogens with zero attached hydrogens (tertiary/aromatic N) is 3.